The lowest BCUT2D eigenvalue weighted by molar-refractivity contribution is -0.141. The molecule has 0 fully saturated rings. The number of hydrogen-bond donors (Lipinski definition) is 1. The van der Waals surface area contributed by atoms with E-state index < -0.39 is 6.04 Å². The Balaban J connectivity index is 1.95. The summed E-state index contributed by atoms with van der Waals surface area (Å²) in [5, 5.41) is 3.05. The lowest BCUT2D eigenvalue weighted by Crippen LogP contribution is -2.52. The van der Waals surface area contributed by atoms with Crippen LogP contribution in [0.5, 0.6) is 0 Å². The first-order valence-corrected chi connectivity index (χ1v) is 11.4. The first-order valence-electron chi connectivity index (χ1n) is 11.4. The predicted molar refractivity (Wildman–Crippen MR) is 129 cm³/mol. The van der Waals surface area contributed by atoms with Crippen LogP contribution < -0.4 is 5.32 Å². The maximum absolute atomic E-state index is 13.5. The van der Waals surface area contributed by atoms with Crippen LogP contribution in [-0.2, 0) is 29.0 Å². The molecule has 0 spiro atoms. The first-order chi connectivity index (χ1) is 16.0. The number of rotatable bonds is 10. The quantitative estimate of drug-likeness (QED) is 0.480. The fourth-order valence-corrected chi connectivity index (χ4v) is 3.65. The smallest absolute Gasteiger partial charge is 0.243 e. The normalized spacial score (nSPS) is 12.6. The van der Waals surface area contributed by atoms with E-state index in [1.54, 1.807) is 17.0 Å². The van der Waals surface area contributed by atoms with E-state index in [4.69, 9.17) is 0 Å². The fourth-order valence-electron chi connectivity index (χ4n) is 3.65. The zero-order valence-corrected chi connectivity index (χ0v) is 19.2. The van der Waals surface area contributed by atoms with E-state index in [2.05, 4.69) is 5.32 Å². The van der Waals surface area contributed by atoms with E-state index in [1.807, 2.05) is 74.5 Å². The maximum Gasteiger partial charge on any atom is 0.243 e. The van der Waals surface area contributed by atoms with E-state index in [1.165, 1.54) is 12.1 Å². The van der Waals surface area contributed by atoms with Crippen molar-refractivity contribution in [2.45, 2.75) is 51.7 Å². The Morgan fingerprint density at radius 3 is 2.00 bits per heavy atom. The molecule has 3 aromatic carbocycles. The fraction of sp³-hybridized carbons (Fsp3) is 0.286. The van der Waals surface area contributed by atoms with Crippen LogP contribution in [-0.4, -0.2) is 28.8 Å². The van der Waals surface area contributed by atoms with Gasteiger partial charge in [0, 0.05) is 19.0 Å². The lowest BCUT2D eigenvalue weighted by Gasteiger charge is -2.32. The molecule has 5 heteroatoms. The van der Waals surface area contributed by atoms with Gasteiger partial charge in [0.15, 0.2) is 0 Å². The molecule has 3 aromatic rings. The number of carbonyl (C=O) groups excluding carboxylic acids is 2. The van der Waals surface area contributed by atoms with Gasteiger partial charge < -0.3 is 10.2 Å². The molecular formula is C28H31FN2O2. The minimum absolute atomic E-state index is 0.00679. The summed E-state index contributed by atoms with van der Waals surface area (Å²) < 4.78 is 13.5. The van der Waals surface area contributed by atoms with Crippen LogP contribution in [0.25, 0.3) is 0 Å². The highest BCUT2D eigenvalue weighted by atomic mass is 19.1. The Bertz CT molecular complexity index is 1020. The third-order valence-corrected chi connectivity index (χ3v) is 5.74. The average Bonchev–Trinajstić information content (AvgIpc) is 2.83. The van der Waals surface area contributed by atoms with E-state index in [-0.39, 0.29) is 36.6 Å². The zero-order chi connectivity index (χ0) is 23.6. The van der Waals surface area contributed by atoms with E-state index in [9.17, 15) is 14.0 Å². The Labute approximate surface area is 195 Å². The third-order valence-electron chi connectivity index (χ3n) is 5.74. The summed E-state index contributed by atoms with van der Waals surface area (Å²) in [6.07, 6.45) is 1.37. The highest BCUT2D eigenvalue weighted by Crippen LogP contribution is 2.17. The summed E-state index contributed by atoms with van der Waals surface area (Å²) >= 11 is 0. The number of halogens is 1. The van der Waals surface area contributed by atoms with Gasteiger partial charge in [0.05, 0.1) is 6.42 Å². The Morgan fingerprint density at radius 2 is 1.42 bits per heavy atom. The van der Waals surface area contributed by atoms with Crippen molar-refractivity contribution in [3.63, 3.8) is 0 Å². The summed E-state index contributed by atoms with van der Waals surface area (Å²) in [5.74, 6) is -0.668. The summed E-state index contributed by atoms with van der Waals surface area (Å²) in [4.78, 5) is 28.6. The summed E-state index contributed by atoms with van der Waals surface area (Å²) in [5.41, 5.74) is 2.62. The third kappa shape index (κ3) is 7.28. The Morgan fingerprint density at radius 1 is 0.848 bits per heavy atom. The van der Waals surface area contributed by atoms with Crippen LogP contribution >= 0.6 is 0 Å². The maximum atomic E-state index is 13.5. The molecule has 172 valence electrons. The van der Waals surface area contributed by atoms with Crippen molar-refractivity contribution in [1.29, 1.82) is 0 Å². The molecule has 0 bridgehead atoms. The van der Waals surface area contributed by atoms with Gasteiger partial charge in [-0.2, -0.15) is 0 Å². The minimum atomic E-state index is -0.692. The SMILES string of the molecule is CCC(C)NC(=O)C(Cc1ccccc1)N(Cc1ccc(F)cc1)C(=O)Cc1ccccc1. The summed E-state index contributed by atoms with van der Waals surface area (Å²) in [7, 11) is 0. The molecule has 0 aliphatic carbocycles. The molecule has 0 aliphatic rings. The van der Waals surface area contributed by atoms with Gasteiger partial charge in [-0.15, -0.1) is 0 Å². The number of nitrogens with zero attached hydrogens (tertiary/aromatic N) is 1. The monoisotopic (exact) mass is 446 g/mol. The average molecular weight is 447 g/mol. The van der Waals surface area contributed by atoms with Gasteiger partial charge in [0.1, 0.15) is 11.9 Å². The molecule has 0 saturated heterocycles. The molecule has 0 radical (unpaired) electrons. The topological polar surface area (TPSA) is 49.4 Å². The summed E-state index contributed by atoms with van der Waals surface area (Å²) in [6.45, 7) is 4.18. The van der Waals surface area contributed by atoms with Gasteiger partial charge >= 0.3 is 0 Å². The standard InChI is InChI=1S/C28H31FN2O2/c1-3-21(2)30-28(33)26(18-22-10-6-4-7-11-22)31(20-24-14-16-25(29)17-15-24)27(32)19-23-12-8-5-9-13-23/h4-17,21,26H,3,18-20H2,1-2H3,(H,30,33). The van der Waals surface area contributed by atoms with Crippen molar-refractivity contribution in [3.8, 4) is 0 Å². The van der Waals surface area contributed by atoms with Crippen molar-refractivity contribution in [2.24, 2.45) is 0 Å². The molecular weight excluding hydrogens is 415 g/mol. The van der Waals surface area contributed by atoms with Gasteiger partial charge in [-0.3, -0.25) is 9.59 Å². The second-order valence-electron chi connectivity index (χ2n) is 8.33. The molecule has 3 rings (SSSR count). The van der Waals surface area contributed by atoms with Gasteiger partial charge in [-0.25, -0.2) is 4.39 Å². The Hall–Kier alpha value is -3.47. The summed E-state index contributed by atoms with van der Waals surface area (Å²) in [6, 6.07) is 24.6. The minimum Gasteiger partial charge on any atom is -0.352 e. The highest BCUT2D eigenvalue weighted by molar-refractivity contribution is 5.89. The van der Waals surface area contributed by atoms with Crippen molar-refractivity contribution in [3.05, 3.63) is 107 Å². The van der Waals surface area contributed by atoms with Crippen LogP contribution in [0.3, 0.4) is 0 Å². The molecule has 33 heavy (non-hydrogen) atoms. The van der Waals surface area contributed by atoms with Crippen LogP contribution in [0.2, 0.25) is 0 Å². The van der Waals surface area contributed by atoms with Crippen molar-refractivity contribution >= 4 is 11.8 Å². The largest absolute Gasteiger partial charge is 0.352 e. The lowest BCUT2D eigenvalue weighted by atomic mass is 10.0. The predicted octanol–water partition coefficient (Wildman–Crippen LogP) is 4.92. The highest BCUT2D eigenvalue weighted by Gasteiger charge is 2.31. The van der Waals surface area contributed by atoms with Gasteiger partial charge in [0.2, 0.25) is 11.8 Å². The van der Waals surface area contributed by atoms with Crippen LogP contribution in [0.15, 0.2) is 84.9 Å². The number of benzene rings is 3. The van der Waals surface area contributed by atoms with Gasteiger partial charge in [-0.1, -0.05) is 79.7 Å². The zero-order valence-electron chi connectivity index (χ0n) is 19.2. The molecule has 2 amide bonds. The molecule has 0 aromatic heterocycles. The van der Waals surface area contributed by atoms with Crippen LogP contribution in [0, 0.1) is 5.82 Å². The molecule has 0 aliphatic heterocycles. The molecule has 2 unspecified atom stereocenters. The van der Waals surface area contributed by atoms with Crippen molar-refractivity contribution < 1.29 is 14.0 Å². The second-order valence-corrected chi connectivity index (χ2v) is 8.33. The van der Waals surface area contributed by atoms with E-state index >= 15 is 0 Å². The van der Waals surface area contributed by atoms with Gasteiger partial charge in [0.25, 0.3) is 0 Å². The molecule has 4 nitrogen and oxygen atoms in total. The molecule has 0 heterocycles. The van der Waals surface area contributed by atoms with Crippen LogP contribution in [0.1, 0.15) is 37.0 Å². The first kappa shape index (κ1) is 24.2. The second kappa shape index (κ2) is 12.0. The van der Waals surface area contributed by atoms with Crippen molar-refractivity contribution in [1.82, 2.24) is 10.2 Å². The number of carbonyl (C=O) groups is 2. The Kier molecular flexibility index (Phi) is 8.76. The molecule has 2 atom stereocenters. The van der Waals surface area contributed by atoms with Crippen molar-refractivity contribution in [2.75, 3.05) is 0 Å². The van der Waals surface area contributed by atoms with Gasteiger partial charge in [-0.05, 0) is 42.2 Å². The molecule has 1 N–H and O–H groups in total. The molecule has 0 saturated carbocycles. The van der Waals surface area contributed by atoms with Crippen LogP contribution in [0.4, 0.5) is 4.39 Å². The number of amides is 2. The van der Waals surface area contributed by atoms with E-state index in [0.717, 1.165) is 23.1 Å². The number of nitrogens with one attached hydrogen (secondary N) is 1. The number of hydrogen-bond acceptors (Lipinski definition) is 2. The van der Waals surface area contributed by atoms with E-state index in [0.29, 0.717) is 6.42 Å².